The fourth-order valence-electron chi connectivity index (χ4n) is 5.03. The molecule has 0 radical (unpaired) electrons. The van der Waals surface area contributed by atoms with E-state index in [0.717, 1.165) is 35.1 Å². The highest BCUT2D eigenvalue weighted by molar-refractivity contribution is 7.98. The number of ether oxygens (including phenoxy) is 1. The topological polar surface area (TPSA) is 75.6 Å². The number of carbonyl (C=O) groups is 2. The first-order valence-corrected chi connectivity index (χ1v) is 14.7. The van der Waals surface area contributed by atoms with Crippen LogP contribution in [0.1, 0.15) is 70.5 Å². The number of hydrogen-bond donors (Lipinski definition) is 2. The molecule has 0 saturated heterocycles. The van der Waals surface area contributed by atoms with Crippen molar-refractivity contribution >= 4 is 23.6 Å². The number of aliphatic carboxylic acids is 1. The van der Waals surface area contributed by atoms with Gasteiger partial charge in [0.2, 0.25) is 0 Å². The molecule has 200 valence electrons. The lowest BCUT2D eigenvalue weighted by Crippen LogP contribution is -2.41. The number of thioether (sulfide) groups is 1. The van der Waals surface area contributed by atoms with E-state index in [1.54, 1.807) is 17.8 Å². The maximum Gasteiger partial charge on any atom is 0.326 e. The smallest absolute Gasteiger partial charge is 0.326 e. The zero-order valence-electron chi connectivity index (χ0n) is 22.5. The Kier molecular flexibility index (Phi) is 9.64. The number of hydrogen-bond acceptors (Lipinski definition) is 4. The van der Waals surface area contributed by atoms with Crippen molar-refractivity contribution in [2.45, 2.75) is 64.7 Å². The molecule has 38 heavy (non-hydrogen) atoms. The Balaban J connectivity index is 1.56. The molecular formula is C32H37NO4S. The average molecular weight is 532 g/mol. The maximum absolute atomic E-state index is 13.3. The Labute approximate surface area is 230 Å². The third-order valence-electron chi connectivity index (χ3n) is 7.32. The van der Waals surface area contributed by atoms with Crippen molar-refractivity contribution in [3.63, 3.8) is 0 Å². The van der Waals surface area contributed by atoms with Gasteiger partial charge >= 0.3 is 5.97 Å². The van der Waals surface area contributed by atoms with Crippen molar-refractivity contribution in [2.24, 2.45) is 0 Å². The number of carboxylic acids is 1. The van der Waals surface area contributed by atoms with E-state index < -0.39 is 12.0 Å². The van der Waals surface area contributed by atoms with Crippen molar-refractivity contribution in [2.75, 3.05) is 12.0 Å². The molecule has 1 aliphatic carbocycles. The van der Waals surface area contributed by atoms with Crippen molar-refractivity contribution in [1.82, 2.24) is 5.32 Å². The van der Waals surface area contributed by atoms with Gasteiger partial charge in [-0.3, -0.25) is 4.79 Å². The number of rotatable bonds is 11. The summed E-state index contributed by atoms with van der Waals surface area (Å²) in [4.78, 5) is 25.0. The number of amides is 1. The SMILES string of the molecule is CSCCC(NC(=O)c1ccc(COC(C)c2ccc3c(c2)CCCC3)cc1-c1ccccc1C)C(=O)O. The summed E-state index contributed by atoms with van der Waals surface area (Å²) in [5.74, 6) is -0.752. The summed E-state index contributed by atoms with van der Waals surface area (Å²) in [6, 6.07) is 19.4. The van der Waals surface area contributed by atoms with Gasteiger partial charge in [-0.05, 0) is 109 Å². The standard InChI is InChI=1S/C32H37NO4S/c1-21-8-4-7-11-27(21)29-18-23(12-15-28(29)31(34)33-30(32(35)36)16-17-38-3)20-37-22(2)25-14-13-24-9-5-6-10-26(24)19-25/h4,7-8,11-15,18-19,22,30H,5-6,9-10,16-17,20H2,1-3H3,(H,33,34)(H,35,36). The normalized spacial score (nSPS) is 14.4. The van der Waals surface area contributed by atoms with Gasteiger partial charge in [-0.2, -0.15) is 11.8 Å². The fraction of sp³-hybridized carbons (Fsp3) is 0.375. The molecule has 2 atom stereocenters. The number of aryl methyl sites for hydroxylation is 3. The Bertz CT molecular complexity index is 1290. The highest BCUT2D eigenvalue weighted by Gasteiger charge is 2.23. The quantitative estimate of drug-likeness (QED) is 0.286. The van der Waals surface area contributed by atoms with E-state index in [4.69, 9.17) is 4.74 Å². The summed E-state index contributed by atoms with van der Waals surface area (Å²) in [6.07, 6.45) is 7.05. The van der Waals surface area contributed by atoms with Gasteiger partial charge in [0, 0.05) is 5.56 Å². The lowest BCUT2D eigenvalue weighted by molar-refractivity contribution is -0.139. The number of nitrogens with one attached hydrogen (secondary N) is 1. The summed E-state index contributed by atoms with van der Waals surface area (Å²) in [5.41, 5.74) is 8.27. The molecule has 0 fully saturated rings. The third-order valence-corrected chi connectivity index (χ3v) is 7.96. The number of carbonyl (C=O) groups excluding carboxylic acids is 1. The lowest BCUT2D eigenvalue weighted by atomic mass is 9.89. The van der Waals surface area contributed by atoms with E-state index in [1.165, 1.54) is 29.5 Å². The molecule has 2 N–H and O–H groups in total. The lowest BCUT2D eigenvalue weighted by Gasteiger charge is -2.20. The maximum atomic E-state index is 13.3. The Hall–Kier alpha value is -3.09. The minimum Gasteiger partial charge on any atom is -0.480 e. The van der Waals surface area contributed by atoms with Crippen LogP contribution in [-0.2, 0) is 29.0 Å². The Morgan fingerprint density at radius 2 is 1.76 bits per heavy atom. The molecular weight excluding hydrogens is 494 g/mol. The first kappa shape index (κ1) is 27.9. The van der Waals surface area contributed by atoms with Crippen LogP contribution in [0.5, 0.6) is 0 Å². The summed E-state index contributed by atoms with van der Waals surface area (Å²) < 4.78 is 6.29. The number of benzene rings is 3. The van der Waals surface area contributed by atoms with Crippen LogP contribution in [-0.4, -0.2) is 35.0 Å². The zero-order chi connectivity index (χ0) is 27.1. The zero-order valence-corrected chi connectivity index (χ0v) is 23.3. The van der Waals surface area contributed by atoms with E-state index in [0.29, 0.717) is 24.3 Å². The van der Waals surface area contributed by atoms with E-state index >= 15 is 0 Å². The van der Waals surface area contributed by atoms with Gasteiger partial charge in [-0.1, -0.05) is 48.5 Å². The van der Waals surface area contributed by atoms with E-state index in [2.05, 4.69) is 30.4 Å². The fourth-order valence-corrected chi connectivity index (χ4v) is 5.50. The molecule has 0 aromatic heterocycles. The van der Waals surface area contributed by atoms with E-state index in [1.807, 2.05) is 49.6 Å². The van der Waals surface area contributed by atoms with Crippen LogP contribution in [0.4, 0.5) is 0 Å². The number of fused-ring (bicyclic) bond motifs is 1. The monoisotopic (exact) mass is 531 g/mol. The van der Waals surface area contributed by atoms with Gasteiger partial charge in [0.05, 0.1) is 12.7 Å². The van der Waals surface area contributed by atoms with Crippen LogP contribution in [0.3, 0.4) is 0 Å². The molecule has 0 spiro atoms. The first-order chi connectivity index (χ1) is 18.4. The predicted octanol–water partition coefficient (Wildman–Crippen LogP) is 6.75. The molecule has 0 bridgehead atoms. The molecule has 0 aliphatic heterocycles. The van der Waals surface area contributed by atoms with Crippen LogP contribution >= 0.6 is 11.8 Å². The van der Waals surface area contributed by atoms with Crippen LogP contribution in [0, 0.1) is 6.92 Å². The van der Waals surface area contributed by atoms with Gasteiger partial charge in [0.1, 0.15) is 6.04 Å². The highest BCUT2D eigenvalue weighted by Crippen LogP contribution is 2.30. The van der Waals surface area contributed by atoms with Crippen molar-refractivity contribution < 1.29 is 19.4 Å². The molecule has 3 aromatic carbocycles. The van der Waals surface area contributed by atoms with Crippen LogP contribution < -0.4 is 5.32 Å². The van der Waals surface area contributed by atoms with E-state index in [9.17, 15) is 14.7 Å². The summed E-state index contributed by atoms with van der Waals surface area (Å²) in [6.45, 7) is 4.50. The minimum absolute atomic E-state index is 0.0557. The second-order valence-corrected chi connectivity index (χ2v) is 11.0. The molecule has 6 heteroatoms. The summed E-state index contributed by atoms with van der Waals surface area (Å²) >= 11 is 1.56. The largest absolute Gasteiger partial charge is 0.480 e. The molecule has 4 rings (SSSR count). The second kappa shape index (κ2) is 13.1. The average Bonchev–Trinajstić information content (AvgIpc) is 2.93. The summed E-state index contributed by atoms with van der Waals surface area (Å²) in [5, 5.41) is 12.3. The van der Waals surface area contributed by atoms with E-state index in [-0.39, 0.29) is 12.0 Å². The summed E-state index contributed by atoms with van der Waals surface area (Å²) in [7, 11) is 0. The predicted molar refractivity (Wildman–Crippen MR) is 155 cm³/mol. The van der Waals surface area contributed by atoms with Crippen LogP contribution in [0.25, 0.3) is 11.1 Å². The van der Waals surface area contributed by atoms with Crippen molar-refractivity contribution in [3.8, 4) is 11.1 Å². The van der Waals surface area contributed by atoms with Crippen LogP contribution in [0.2, 0.25) is 0 Å². The highest BCUT2D eigenvalue weighted by atomic mass is 32.2. The molecule has 5 nitrogen and oxygen atoms in total. The molecule has 0 heterocycles. The Morgan fingerprint density at radius 3 is 2.50 bits per heavy atom. The first-order valence-electron chi connectivity index (χ1n) is 13.3. The van der Waals surface area contributed by atoms with Crippen molar-refractivity contribution in [3.05, 3.63) is 94.0 Å². The second-order valence-electron chi connectivity index (χ2n) is 10.0. The molecule has 0 saturated carbocycles. The van der Waals surface area contributed by atoms with Gasteiger partial charge in [-0.15, -0.1) is 0 Å². The van der Waals surface area contributed by atoms with Gasteiger partial charge < -0.3 is 15.2 Å². The number of carboxylic acid groups (broad SMARTS) is 1. The van der Waals surface area contributed by atoms with Crippen LogP contribution in [0.15, 0.2) is 60.7 Å². The van der Waals surface area contributed by atoms with Gasteiger partial charge in [0.25, 0.3) is 5.91 Å². The van der Waals surface area contributed by atoms with Gasteiger partial charge in [0.15, 0.2) is 0 Å². The van der Waals surface area contributed by atoms with Crippen molar-refractivity contribution in [1.29, 1.82) is 0 Å². The molecule has 3 aromatic rings. The Morgan fingerprint density at radius 1 is 1.00 bits per heavy atom. The minimum atomic E-state index is -1.02. The van der Waals surface area contributed by atoms with Gasteiger partial charge in [-0.25, -0.2) is 4.79 Å². The molecule has 1 aliphatic rings. The third kappa shape index (κ3) is 6.86. The molecule has 2 unspecified atom stereocenters. The molecule has 1 amide bonds.